The summed E-state index contributed by atoms with van der Waals surface area (Å²) in [4.78, 5) is 89.8. The minimum absolute atomic E-state index is 0.0280. The number of carbonyl (C=O) groups excluding carboxylic acids is 3. The number of fused-ring (bicyclic) bond motifs is 6. The zero-order valence-corrected chi connectivity index (χ0v) is 48.2. The largest absolute Gasteiger partial charge is 0.481 e. The Kier molecular flexibility index (Phi) is 20.1. The average Bonchev–Trinajstić information content (AvgIpc) is 4.18. The van der Waals surface area contributed by atoms with Crippen LogP contribution in [0.25, 0.3) is 11.2 Å². The van der Waals surface area contributed by atoms with Crippen LogP contribution in [-0.2, 0) is 50.7 Å². The summed E-state index contributed by atoms with van der Waals surface area (Å²) in [7, 11) is -16.5. The second-order valence-electron chi connectivity index (χ2n) is 23.1. The number of amides is 2. The van der Waals surface area contributed by atoms with E-state index >= 15 is 0 Å². The van der Waals surface area contributed by atoms with Crippen LogP contribution < -0.4 is 16.4 Å². The number of ether oxygens (including phenoxy) is 1. The first kappa shape index (κ1) is 62.8. The van der Waals surface area contributed by atoms with Crippen LogP contribution in [0.15, 0.2) is 24.3 Å². The Morgan fingerprint density at radius 3 is 2.37 bits per heavy atom. The number of nitrogens with two attached hydrogens (primary N) is 1. The molecule has 2 amide bonds. The Hall–Kier alpha value is -2.78. The molecule has 5 fully saturated rings. The maximum absolute atomic E-state index is 13.0. The number of aliphatic hydroxyl groups is 4. The number of phosphoric acid groups is 3. The lowest BCUT2D eigenvalue weighted by molar-refractivity contribution is -0.174. The molecule has 0 spiro atoms. The number of thioether (sulfide) groups is 1. The summed E-state index contributed by atoms with van der Waals surface area (Å²) >= 11 is 1.09. The highest BCUT2D eigenvalue weighted by Crippen LogP contribution is 2.68. The van der Waals surface area contributed by atoms with Crippen molar-refractivity contribution in [3.8, 4) is 0 Å². The van der Waals surface area contributed by atoms with E-state index in [9.17, 15) is 68.1 Å². The molecule has 30 heteroatoms. The van der Waals surface area contributed by atoms with Crippen molar-refractivity contribution >= 4 is 69.1 Å². The fourth-order valence-corrected chi connectivity index (χ4v) is 16.9. The quantitative estimate of drug-likeness (QED) is 0.0402. The number of phosphoric ester groups is 3. The number of nitrogen functional groups attached to an aromatic ring is 1. The lowest BCUT2D eigenvalue weighted by atomic mass is 9.43. The van der Waals surface area contributed by atoms with Gasteiger partial charge in [0.1, 0.15) is 36.3 Å². The number of aromatic nitrogens is 4. The van der Waals surface area contributed by atoms with Gasteiger partial charge in [-0.1, -0.05) is 52.5 Å². The Balaban J connectivity index is 0.775. The molecule has 0 radical (unpaired) electrons. The predicted octanol–water partition coefficient (Wildman–Crippen LogP) is 4.02. The zero-order valence-electron chi connectivity index (χ0n) is 44.7. The molecular weight excluding hydrogens is 1100 g/mol. The first-order valence-electron chi connectivity index (χ1n) is 26.5. The molecule has 4 aliphatic carbocycles. The van der Waals surface area contributed by atoms with E-state index in [-0.39, 0.29) is 64.6 Å². The molecule has 0 aromatic carbocycles. The molecule has 78 heavy (non-hydrogen) atoms. The van der Waals surface area contributed by atoms with Crippen LogP contribution in [0.3, 0.4) is 0 Å². The molecule has 3 heterocycles. The van der Waals surface area contributed by atoms with Gasteiger partial charge in [0.2, 0.25) is 16.9 Å². The fourth-order valence-electron chi connectivity index (χ4n) is 13.4. The third-order valence-electron chi connectivity index (χ3n) is 17.5. The van der Waals surface area contributed by atoms with Gasteiger partial charge in [0, 0.05) is 30.7 Å². The summed E-state index contributed by atoms with van der Waals surface area (Å²) in [6.07, 6.45) is 4.28. The number of hydrogen-bond donors (Lipinski definition) is 11. The summed E-state index contributed by atoms with van der Waals surface area (Å²) in [5.41, 5.74) is 5.28. The van der Waals surface area contributed by atoms with E-state index in [1.54, 1.807) is 6.92 Å². The minimum Gasteiger partial charge on any atom is -0.393 e. The lowest BCUT2D eigenvalue weighted by Crippen LogP contribution is -2.58. The average molecular weight is 1180 g/mol. The molecule has 26 nitrogen and oxygen atoms in total. The molecule has 0 bridgehead atoms. The van der Waals surface area contributed by atoms with Crippen molar-refractivity contribution in [2.75, 3.05) is 37.8 Å². The van der Waals surface area contributed by atoms with E-state index in [0.717, 1.165) is 86.8 Å². The van der Waals surface area contributed by atoms with Gasteiger partial charge in [0.25, 0.3) is 0 Å². The Morgan fingerprint density at radius 1 is 0.962 bits per heavy atom. The highest BCUT2D eigenvalue weighted by atomic mass is 32.2. The number of allylic oxidation sites excluding steroid dienone is 1. The first-order valence-corrected chi connectivity index (χ1v) is 32.0. The van der Waals surface area contributed by atoms with Crippen molar-refractivity contribution in [2.45, 2.75) is 155 Å². The molecule has 8 unspecified atom stereocenters. The predicted molar refractivity (Wildman–Crippen MR) is 282 cm³/mol. The molecule has 4 saturated carbocycles. The van der Waals surface area contributed by atoms with Crippen LogP contribution in [0.1, 0.15) is 118 Å². The lowest BCUT2D eigenvalue weighted by Gasteiger charge is -2.62. The number of hydrogen-bond acceptors (Lipinski definition) is 20. The molecule has 5 aliphatic rings. The molecule has 12 N–H and O–H groups in total. The van der Waals surface area contributed by atoms with Gasteiger partial charge in [-0.15, -0.1) is 0 Å². The van der Waals surface area contributed by atoms with Crippen molar-refractivity contribution in [3.63, 3.8) is 0 Å². The minimum atomic E-state index is -5.60. The SMILES string of the molecule is CC(=CCCC(C)C1CCC2C3C(CC[C@]12C)[C@@]1(C)CC[C@@H](O)C[C@H]1C[C@H]3O)C(=O)SCCNC(=O)CCNC(=O)C(O)C(C)(C)COP(=O)(O)OP(=O)(O)OC[C@H]1O[C@@H](n2cnc3c(N)ncnc32)[C@H](O)[C@@H]1OP(=O)(O)O. The van der Waals surface area contributed by atoms with Gasteiger partial charge < -0.3 is 61.1 Å². The summed E-state index contributed by atoms with van der Waals surface area (Å²) in [5.74, 6) is 1.56. The van der Waals surface area contributed by atoms with E-state index in [2.05, 4.69) is 55.2 Å². The van der Waals surface area contributed by atoms with E-state index in [0.29, 0.717) is 46.8 Å². The van der Waals surface area contributed by atoms with Crippen molar-refractivity contribution in [1.29, 1.82) is 0 Å². The number of rotatable bonds is 24. The van der Waals surface area contributed by atoms with Crippen molar-refractivity contribution in [1.82, 2.24) is 30.2 Å². The van der Waals surface area contributed by atoms with E-state index in [1.165, 1.54) is 20.3 Å². The van der Waals surface area contributed by atoms with E-state index in [4.69, 9.17) is 19.5 Å². The number of nitrogens with one attached hydrogen (secondary N) is 2. The van der Waals surface area contributed by atoms with Crippen molar-refractivity contribution < 1.29 is 90.7 Å². The van der Waals surface area contributed by atoms with Gasteiger partial charge in [-0.3, -0.25) is 32.5 Å². The molecule has 17 atom stereocenters. The van der Waals surface area contributed by atoms with E-state index in [1.807, 2.05) is 6.08 Å². The topological polar surface area (TPSA) is 404 Å². The third-order valence-corrected chi connectivity index (χ3v) is 21.6. The molecule has 2 aromatic rings. The van der Waals surface area contributed by atoms with Crippen LogP contribution in [0.5, 0.6) is 0 Å². The van der Waals surface area contributed by atoms with Gasteiger partial charge in [0.15, 0.2) is 17.7 Å². The fraction of sp³-hybridized carbons (Fsp3) is 0.792. The Morgan fingerprint density at radius 2 is 1.65 bits per heavy atom. The summed E-state index contributed by atoms with van der Waals surface area (Å²) in [6.45, 7) is 9.48. The van der Waals surface area contributed by atoms with E-state index < -0.39 is 84.6 Å². The Labute approximate surface area is 457 Å². The van der Waals surface area contributed by atoms with Crippen LogP contribution in [0, 0.1) is 51.8 Å². The zero-order chi connectivity index (χ0) is 57.3. The van der Waals surface area contributed by atoms with Gasteiger partial charge >= 0.3 is 23.5 Å². The highest BCUT2D eigenvalue weighted by molar-refractivity contribution is 8.14. The van der Waals surface area contributed by atoms with Crippen molar-refractivity contribution in [2.24, 2.45) is 51.8 Å². The van der Waals surface area contributed by atoms with Crippen LogP contribution in [-0.4, -0.2) is 145 Å². The first-order chi connectivity index (χ1) is 36.4. The second-order valence-corrected chi connectivity index (χ2v) is 28.4. The standard InChI is InChI=1S/C48H78N7O19P3S/c1-26(30-10-11-31-36-32(13-16-48(30,31)6)47(5)15-12-29(56)20-28(47)21-33(36)57)8-7-9-27(2)45(62)78-19-18-50-35(58)14-17-51-43(61)40(60)46(3,4)23-71-77(68,69)74-76(66,67)70-22-34-39(73-75(63,64)65)38(59)44(72-34)55-25-54-37-41(49)52-24-53-42(37)55/h9,24-26,28-34,36,38-40,44,56-57,59-60H,7-8,10-23H2,1-6H3,(H,50,58)(H,51,61)(H,66,67)(H,68,69)(H2,49,52,53)(H2,63,64,65)/t26?,28-,29+,30?,31?,32?,33+,34+,36?,38+,39+,40?,44+,47-,48+/m0/s1. The summed E-state index contributed by atoms with van der Waals surface area (Å²) in [6, 6.07) is 0. The summed E-state index contributed by atoms with van der Waals surface area (Å²) in [5, 5.41) is 48.7. The summed E-state index contributed by atoms with van der Waals surface area (Å²) < 4.78 is 62.8. The number of nitrogens with zero attached hydrogens (tertiary/aromatic N) is 4. The number of carbonyl (C=O) groups is 3. The molecular formula is C48H78N7O19P3S. The maximum Gasteiger partial charge on any atom is 0.481 e. The van der Waals surface area contributed by atoms with Gasteiger partial charge in [-0.2, -0.15) is 4.31 Å². The smallest absolute Gasteiger partial charge is 0.393 e. The van der Waals surface area contributed by atoms with Crippen molar-refractivity contribution in [3.05, 3.63) is 24.3 Å². The molecule has 1 aliphatic heterocycles. The van der Waals surface area contributed by atoms with Crippen LogP contribution in [0.2, 0.25) is 0 Å². The molecule has 2 aromatic heterocycles. The van der Waals surface area contributed by atoms with Crippen LogP contribution in [0.4, 0.5) is 5.82 Å². The number of aliphatic hydroxyl groups excluding tert-OH is 4. The van der Waals surface area contributed by atoms with Gasteiger partial charge in [-0.25, -0.2) is 28.6 Å². The Bertz CT molecular complexity index is 2660. The van der Waals surface area contributed by atoms with Crippen LogP contribution >= 0.6 is 35.2 Å². The third kappa shape index (κ3) is 14.5. The monoisotopic (exact) mass is 1180 g/mol. The maximum atomic E-state index is 13.0. The number of anilines is 1. The van der Waals surface area contributed by atoms with Gasteiger partial charge in [0.05, 0.1) is 31.7 Å². The second kappa shape index (κ2) is 25.0. The molecule has 1 saturated heterocycles. The highest BCUT2D eigenvalue weighted by Gasteiger charge is 2.63. The molecule has 440 valence electrons. The normalized spacial score (nSPS) is 33.7. The number of imidazole rings is 1. The van der Waals surface area contributed by atoms with Gasteiger partial charge in [-0.05, 0) is 123 Å². The molecule has 7 rings (SSSR count).